The van der Waals surface area contributed by atoms with Gasteiger partial charge in [-0.2, -0.15) is 4.98 Å². The van der Waals surface area contributed by atoms with Gasteiger partial charge in [-0.3, -0.25) is 4.79 Å². The maximum atomic E-state index is 13.2. The fourth-order valence-electron chi connectivity index (χ4n) is 3.76. The van der Waals surface area contributed by atoms with E-state index in [1.807, 2.05) is 19.1 Å². The van der Waals surface area contributed by atoms with E-state index >= 15 is 0 Å². The molecule has 0 aliphatic carbocycles. The van der Waals surface area contributed by atoms with Crippen LogP contribution < -0.4 is 9.47 Å². The zero-order chi connectivity index (χ0) is 21.3. The second-order valence-electron chi connectivity index (χ2n) is 7.12. The lowest BCUT2D eigenvalue weighted by molar-refractivity contribution is 0.0728. The van der Waals surface area contributed by atoms with E-state index in [4.69, 9.17) is 25.6 Å². The molecule has 1 saturated heterocycles. The van der Waals surface area contributed by atoms with Gasteiger partial charge >= 0.3 is 0 Å². The summed E-state index contributed by atoms with van der Waals surface area (Å²) in [5.74, 6) is 1.85. The lowest BCUT2D eigenvalue weighted by atomic mass is 10.1. The molecule has 0 N–H and O–H groups in total. The molecule has 3 aromatic rings. The average molecular weight is 428 g/mol. The molecule has 1 fully saturated rings. The Bertz CT molecular complexity index is 1080. The van der Waals surface area contributed by atoms with Gasteiger partial charge in [-0.05, 0) is 49.6 Å². The molecule has 7 nitrogen and oxygen atoms in total. The van der Waals surface area contributed by atoms with Gasteiger partial charge in [0.05, 0.1) is 30.8 Å². The largest absolute Gasteiger partial charge is 0.496 e. The van der Waals surface area contributed by atoms with E-state index in [1.165, 1.54) is 7.11 Å². The number of halogens is 1. The number of aryl methyl sites for hydroxylation is 1. The zero-order valence-corrected chi connectivity index (χ0v) is 17.8. The number of nitrogens with zero attached hydrogens (tertiary/aromatic N) is 3. The van der Waals surface area contributed by atoms with Crippen molar-refractivity contribution in [3.05, 3.63) is 58.4 Å². The minimum absolute atomic E-state index is 0.0810. The molecular formula is C22H22ClN3O4. The molecule has 0 unspecified atom stereocenters. The van der Waals surface area contributed by atoms with Crippen LogP contribution in [0.25, 0.3) is 11.5 Å². The maximum Gasteiger partial charge on any atom is 0.261 e. The van der Waals surface area contributed by atoms with Gasteiger partial charge in [-0.25, -0.2) is 0 Å². The van der Waals surface area contributed by atoms with Crippen molar-refractivity contribution in [2.24, 2.45) is 0 Å². The molecular weight excluding hydrogens is 406 g/mol. The number of aromatic nitrogens is 2. The van der Waals surface area contributed by atoms with E-state index in [2.05, 4.69) is 10.1 Å². The molecule has 2 heterocycles. The molecule has 1 atom stereocenters. The minimum Gasteiger partial charge on any atom is -0.496 e. The first-order chi connectivity index (χ1) is 14.5. The molecule has 0 radical (unpaired) electrons. The van der Waals surface area contributed by atoms with Crippen molar-refractivity contribution in [2.45, 2.75) is 25.8 Å². The number of para-hydroxylation sites is 1. The highest BCUT2D eigenvalue weighted by molar-refractivity contribution is 6.32. The van der Waals surface area contributed by atoms with E-state index in [-0.39, 0.29) is 11.9 Å². The quantitative estimate of drug-likeness (QED) is 0.587. The number of ether oxygens (including phenoxy) is 2. The molecule has 1 amide bonds. The SMILES string of the molecule is COc1cc(C(=O)N2CCC[C@H]2c2noc(-c3cccc(Cl)c3OC)n2)ccc1C. The standard InChI is InChI=1S/C22H22ClN3O4/c1-13-9-10-14(12-18(13)28-2)22(27)26-11-5-8-17(26)20-24-21(30-25-20)15-6-4-7-16(23)19(15)29-3/h4,6-7,9-10,12,17H,5,8,11H2,1-3H3/t17-/m0/s1. The molecule has 2 aromatic carbocycles. The minimum atomic E-state index is -0.257. The number of carbonyl (C=O) groups is 1. The fraction of sp³-hybridized carbons (Fsp3) is 0.318. The number of carbonyl (C=O) groups excluding carboxylic acids is 1. The van der Waals surface area contributed by atoms with E-state index in [0.717, 1.165) is 18.4 Å². The summed E-state index contributed by atoms with van der Waals surface area (Å²) in [7, 11) is 3.13. The second kappa shape index (κ2) is 8.36. The molecule has 8 heteroatoms. The first-order valence-corrected chi connectivity index (χ1v) is 10.0. The molecule has 1 aromatic heterocycles. The third-order valence-electron chi connectivity index (χ3n) is 5.31. The summed E-state index contributed by atoms with van der Waals surface area (Å²) in [6.07, 6.45) is 1.63. The molecule has 1 aliphatic rings. The van der Waals surface area contributed by atoms with E-state index in [9.17, 15) is 4.79 Å². The number of methoxy groups -OCH3 is 2. The van der Waals surface area contributed by atoms with Gasteiger partial charge in [-0.1, -0.05) is 28.9 Å². The third-order valence-corrected chi connectivity index (χ3v) is 5.61. The van der Waals surface area contributed by atoms with E-state index in [0.29, 0.717) is 45.9 Å². The van der Waals surface area contributed by atoms with Crippen LogP contribution in [0.5, 0.6) is 11.5 Å². The lowest BCUT2D eigenvalue weighted by Crippen LogP contribution is -2.31. The van der Waals surface area contributed by atoms with Crippen molar-refractivity contribution >= 4 is 17.5 Å². The van der Waals surface area contributed by atoms with E-state index in [1.54, 1.807) is 36.3 Å². The van der Waals surface area contributed by atoms with Crippen molar-refractivity contribution < 1.29 is 18.8 Å². The summed E-state index contributed by atoms with van der Waals surface area (Å²) in [5.41, 5.74) is 2.16. The maximum absolute atomic E-state index is 13.2. The number of rotatable bonds is 5. The van der Waals surface area contributed by atoms with Crippen molar-refractivity contribution in [1.82, 2.24) is 15.0 Å². The van der Waals surface area contributed by atoms with Crippen LogP contribution in [0.15, 0.2) is 40.9 Å². The Morgan fingerprint density at radius 1 is 1.23 bits per heavy atom. The number of amides is 1. The first kappa shape index (κ1) is 20.2. The Morgan fingerprint density at radius 3 is 2.83 bits per heavy atom. The van der Waals surface area contributed by atoms with Crippen molar-refractivity contribution in [3.8, 4) is 23.0 Å². The number of hydrogen-bond acceptors (Lipinski definition) is 6. The van der Waals surface area contributed by atoms with Crippen LogP contribution in [0.1, 0.15) is 40.6 Å². The molecule has 156 valence electrons. The molecule has 1 aliphatic heterocycles. The summed E-state index contributed by atoms with van der Waals surface area (Å²) >= 11 is 6.20. The van der Waals surface area contributed by atoms with Gasteiger partial charge in [0.25, 0.3) is 11.8 Å². The van der Waals surface area contributed by atoms with Crippen LogP contribution >= 0.6 is 11.6 Å². The Labute approximate surface area is 179 Å². The predicted octanol–water partition coefficient (Wildman–Crippen LogP) is 4.69. The van der Waals surface area contributed by atoms with Gasteiger partial charge in [-0.15, -0.1) is 0 Å². The Balaban J connectivity index is 1.62. The summed E-state index contributed by atoms with van der Waals surface area (Å²) < 4.78 is 16.2. The summed E-state index contributed by atoms with van der Waals surface area (Å²) in [4.78, 5) is 19.5. The van der Waals surface area contributed by atoms with Crippen molar-refractivity contribution in [2.75, 3.05) is 20.8 Å². The lowest BCUT2D eigenvalue weighted by Gasteiger charge is -2.22. The molecule has 0 spiro atoms. The van der Waals surface area contributed by atoms with Crippen LogP contribution in [0.3, 0.4) is 0 Å². The summed E-state index contributed by atoms with van der Waals surface area (Å²) in [6.45, 7) is 2.57. The zero-order valence-electron chi connectivity index (χ0n) is 17.0. The van der Waals surface area contributed by atoms with Crippen LogP contribution in [0.2, 0.25) is 5.02 Å². The van der Waals surface area contributed by atoms with Crippen molar-refractivity contribution in [1.29, 1.82) is 0 Å². The van der Waals surface area contributed by atoms with Crippen LogP contribution in [0.4, 0.5) is 0 Å². The second-order valence-corrected chi connectivity index (χ2v) is 7.53. The normalized spacial score (nSPS) is 16.0. The van der Waals surface area contributed by atoms with Gasteiger partial charge in [0, 0.05) is 12.1 Å². The molecule has 30 heavy (non-hydrogen) atoms. The average Bonchev–Trinajstić information content (AvgIpc) is 3.43. The topological polar surface area (TPSA) is 77.7 Å². The summed E-state index contributed by atoms with van der Waals surface area (Å²) in [5, 5.41) is 4.61. The highest BCUT2D eigenvalue weighted by Gasteiger charge is 2.34. The monoisotopic (exact) mass is 427 g/mol. The van der Waals surface area contributed by atoms with Crippen LogP contribution in [-0.4, -0.2) is 41.7 Å². The van der Waals surface area contributed by atoms with Crippen LogP contribution in [-0.2, 0) is 0 Å². The van der Waals surface area contributed by atoms with E-state index < -0.39 is 0 Å². The van der Waals surface area contributed by atoms with Gasteiger partial charge in [0.1, 0.15) is 11.5 Å². The Kier molecular flexibility index (Phi) is 5.63. The molecule has 0 saturated carbocycles. The third kappa shape index (κ3) is 3.61. The summed E-state index contributed by atoms with van der Waals surface area (Å²) in [6, 6.07) is 10.5. The molecule has 0 bridgehead atoms. The fourth-order valence-corrected chi connectivity index (χ4v) is 4.01. The van der Waals surface area contributed by atoms with Crippen molar-refractivity contribution in [3.63, 3.8) is 0 Å². The van der Waals surface area contributed by atoms with Crippen LogP contribution in [0, 0.1) is 6.92 Å². The first-order valence-electron chi connectivity index (χ1n) is 9.65. The smallest absolute Gasteiger partial charge is 0.261 e. The molecule has 4 rings (SSSR count). The number of benzene rings is 2. The number of likely N-dealkylation sites (tertiary alicyclic amines) is 1. The predicted molar refractivity (Wildman–Crippen MR) is 112 cm³/mol. The van der Waals surface area contributed by atoms with Gasteiger partial charge < -0.3 is 18.9 Å². The van der Waals surface area contributed by atoms with Gasteiger partial charge in [0.15, 0.2) is 5.82 Å². The number of hydrogen-bond donors (Lipinski definition) is 0. The highest BCUT2D eigenvalue weighted by Crippen LogP contribution is 2.37. The Morgan fingerprint density at radius 2 is 2.07 bits per heavy atom. The van der Waals surface area contributed by atoms with Gasteiger partial charge in [0.2, 0.25) is 0 Å². The Hall–Kier alpha value is -3.06. The highest BCUT2D eigenvalue weighted by atomic mass is 35.5.